The molecule has 2 N–H and O–H groups in total. The number of fused-ring (bicyclic) bond motifs is 1. The number of Topliss-reactive ketones (excluding diaryl/α,β-unsaturated/α-hetero) is 1. The largest absolute Gasteiger partial charge is 0.465 e. The number of ether oxygens (including phenoxy) is 1. The van der Waals surface area contributed by atoms with E-state index >= 15 is 0 Å². The predicted molar refractivity (Wildman–Crippen MR) is 87.0 cm³/mol. The fourth-order valence-corrected chi connectivity index (χ4v) is 3.55. The van der Waals surface area contributed by atoms with Crippen LogP contribution in [-0.4, -0.2) is 18.4 Å². The molecule has 4 rings (SSSR count). The number of carbonyl (C=O) groups is 2. The maximum Gasteiger partial charge on any atom is 0.306 e. The third kappa shape index (κ3) is 2.22. The van der Waals surface area contributed by atoms with Gasteiger partial charge in [0.25, 0.3) is 0 Å². The van der Waals surface area contributed by atoms with Gasteiger partial charge in [-0.2, -0.15) is 0 Å². The first kappa shape index (κ1) is 14.0. The van der Waals surface area contributed by atoms with Crippen molar-refractivity contribution in [3.63, 3.8) is 0 Å². The van der Waals surface area contributed by atoms with Gasteiger partial charge < -0.3 is 10.5 Å². The Kier molecular flexibility index (Phi) is 3.01. The molecule has 4 heteroatoms. The molecule has 2 aromatic rings. The van der Waals surface area contributed by atoms with E-state index in [2.05, 4.69) is 6.07 Å². The highest BCUT2D eigenvalue weighted by Gasteiger charge is 2.49. The quantitative estimate of drug-likeness (QED) is 0.649. The fraction of sp³-hybridized carbons (Fsp3) is 0.263. The molecule has 0 saturated carbocycles. The van der Waals surface area contributed by atoms with Crippen LogP contribution in [0.4, 0.5) is 5.69 Å². The van der Waals surface area contributed by atoms with Gasteiger partial charge in [0.1, 0.15) is 6.61 Å². The van der Waals surface area contributed by atoms with E-state index in [1.807, 2.05) is 36.4 Å². The first-order valence-electron chi connectivity index (χ1n) is 7.77. The lowest BCUT2D eigenvalue weighted by Gasteiger charge is -2.30. The van der Waals surface area contributed by atoms with E-state index in [0.717, 1.165) is 34.4 Å². The molecule has 1 atom stereocenters. The number of aryl methyl sites for hydroxylation is 1. The minimum absolute atomic E-state index is 0.0495. The normalized spacial score (nSPS) is 23.0. The standard InChI is InChI=1S/C19H17NO3/c20-15-4-1-12(2-5-15)13-3-6-16-14(9-13)7-8-19(18(16)22)10-17(21)23-11-19/h1-6,9H,7-8,10-11,20H2. The van der Waals surface area contributed by atoms with E-state index in [-0.39, 0.29) is 24.8 Å². The lowest BCUT2D eigenvalue weighted by atomic mass is 9.69. The van der Waals surface area contributed by atoms with Gasteiger partial charge in [0.2, 0.25) is 0 Å². The molecule has 116 valence electrons. The number of benzene rings is 2. The summed E-state index contributed by atoms with van der Waals surface area (Å²) in [4.78, 5) is 24.3. The van der Waals surface area contributed by atoms with Crippen LogP contribution in [0.1, 0.15) is 28.8 Å². The second kappa shape index (κ2) is 4.95. The molecular formula is C19H17NO3. The van der Waals surface area contributed by atoms with Crippen molar-refractivity contribution >= 4 is 17.4 Å². The smallest absolute Gasteiger partial charge is 0.306 e. The van der Waals surface area contributed by atoms with Gasteiger partial charge in [-0.25, -0.2) is 0 Å². The Morgan fingerprint density at radius 1 is 1.00 bits per heavy atom. The molecule has 2 aromatic carbocycles. The molecular weight excluding hydrogens is 290 g/mol. The number of ketones is 1. The van der Waals surface area contributed by atoms with Gasteiger partial charge in [-0.1, -0.05) is 30.3 Å². The van der Waals surface area contributed by atoms with Crippen LogP contribution < -0.4 is 5.73 Å². The molecule has 2 aliphatic rings. The highest BCUT2D eigenvalue weighted by atomic mass is 16.5. The van der Waals surface area contributed by atoms with E-state index in [4.69, 9.17) is 10.5 Å². The Balaban J connectivity index is 1.70. The fourth-order valence-electron chi connectivity index (χ4n) is 3.55. The number of carbonyl (C=O) groups excluding carboxylic acids is 2. The van der Waals surface area contributed by atoms with Crippen molar-refractivity contribution < 1.29 is 14.3 Å². The van der Waals surface area contributed by atoms with E-state index < -0.39 is 5.41 Å². The number of cyclic esters (lactones) is 1. The summed E-state index contributed by atoms with van der Waals surface area (Å²) in [5.74, 6) is -0.214. The number of nitrogens with two attached hydrogens (primary N) is 1. The first-order valence-corrected chi connectivity index (χ1v) is 7.77. The summed E-state index contributed by atoms with van der Waals surface area (Å²) in [6.45, 7) is 0.226. The Bertz CT molecular complexity index is 810. The first-order chi connectivity index (χ1) is 11.1. The molecule has 0 amide bonds. The Hall–Kier alpha value is -2.62. The van der Waals surface area contributed by atoms with Crippen LogP contribution in [0.2, 0.25) is 0 Å². The second-order valence-corrected chi connectivity index (χ2v) is 6.44. The van der Waals surface area contributed by atoms with Crippen molar-refractivity contribution in [2.24, 2.45) is 5.41 Å². The number of hydrogen-bond acceptors (Lipinski definition) is 4. The lowest BCUT2D eigenvalue weighted by molar-refractivity contribution is -0.137. The maximum atomic E-state index is 12.8. The van der Waals surface area contributed by atoms with Crippen LogP contribution in [0, 0.1) is 5.41 Å². The molecule has 0 radical (unpaired) electrons. The van der Waals surface area contributed by atoms with Gasteiger partial charge >= 0.3 is 5.97 Å². The van der Waals surface area contributed by atoms with Crippen LogP contribution in [0.25, 0.3) is 11.1 Å². The molecule has 0 bridgehead atoms. The SMILES string of the molecule is Nc1ccc(-c2ccc3c(c2)CCC2(COC(=O)C2)C3=O)cc1. The molecule has 23 heavy (non-hydrogen) atoms. The molecule has 1 aliphatic carbocycles. The van der Waals surface area contributed by atoms with Gasteiger partial charge in [-0.3, -0.25) is 9.59 Å². The molecule has 1 saturated heterocycles. The molecule has 1 aliphatic heterocycles. The highest BCUT2D eigenvalue weighted by Crippen LogP contribution is 2.42. The number of rotatable bonds is 1. The number of anilines is 1. The highest BCUT2D eigenvalue weighted by molar-refractivity contribution is 6.05. The van der Waals surface area contributed by atoms with Crippen LogP contribution in [0.5, 0.6) is 0 Å². The molecule has 1 fully saturated rings. The zero-order valence-electron chi connectivity index (χ0n) is 12.7. The Labute approximate surface area is 134 Å². The van der Waals surface area contributed by atoms with E-state index in [0.29, 0.717) is 6.42 Å². The van der Waals surface area contributed by atoms with E-state index in [1.54, 1.807) is 0 Å². The van der Waals surface area contributed by atoms with Crippen molar-refractivity contribution in [2.45, 2.75) is 19.3 Å². The molecule has 1 spiro atoms. The third-order valence-corrected chi connectivity index (χ3v) is 4.94. The summed E-state index contributed by atoms with van der Waals surface area (Å²) in [5, 5.41) is 0. The maximum absolute atomic E-state index is 12.8. The average Bonchev–Trinajstić information content (AvgIpc) is 2.94. The summed E-state index contributed by atoms with van der Waals surface area (Å²) in [5.41, 5.74) is 9.76. The number of hydrogen-bond donors (Lipinski definition) is 1. The Morgan fingerprint density at radius 3 is 2.43 bits per heavy atom. The van der Waals surface area contributed by atoms with Gasteiger partial charge in [-0.15, -0.1) is 0 Å². The van der Waals surface area contributed by atoms with Crippen LogP contribution in [0.15, 0.2) is 42.5 Å². The van der Waals surface area contributed by atoms with Crippen molar-refractivity contribution in [1.29, 1.82) is 0 Å². The van der Waals surface area contributed by atoms with Crippen molar-refractivity contribution in [2.75, 3.05) is 12.3 Å². The van der Waals surface area contributed by atoms with Gasteiger partial charge in [0.15, 0.2) is 5.78 Å². The van der Waals surface area contributed by atoms with Crippen molar-refractivity contribution in [1.82, 2.24) is 0 Å². The predicted octanol–water partition coefficient (Wildman–Crippen LogP) is 3.00. The minimum atomic E-state index is -0.632. The average molecular weight is 307 g/mol. The van der Waals surface area contributed by atoms with Crippen molar-refractivity contribution in [3.8, 4) is 11.1 Å². The van der Waals surface area contributed by atoms with Gasteiger partial charge in [0, 0.05) is 11.3 Å². The minimum Gasteiger partial charge on any atom is -0.465 e. The Morgan fingerprint density at radius 2 is 1.74 bits per heavy atom. The van der Waals surface area contributed by atoms with Gasteiger partial charge in [0.05, 0.1) is 11.8 Å². The molecule has 1 heterocycles. The second-order valence-electron chi connectivity index (χ2n) is 6.44. The van der Waals surface area contributed by atoms with Crippen molar-refractivity contribution in [3.05, 3.63) is 53.6 Å². The summed E-state index contributed by atoms with van der Waals surface area (Å²) < 4.78 is 5.06. The third-order valence-electron chi connectivity index (χ3n) is 4.94. The summed E-state index contributed by atoms with van der Waals surface area (Å²) in [7, 11) is 0. The molecule has 0 aromatic heterocycles. The number of nitrogen functional groups attached to an aromatic ring is 1. The zero-order valence-corrected chi connectivity index (χ0v) is 12.7. The zero-order chi connectivity index (χ0) is 16.0. The van der Waals surface area contributed by atoms with E-state index in [1.165, 1.54) is 0 Å². The van der Waals surface area contributed by atoms with E-state index in [9.17, 15) is 9.59 Å². The monoisotopic (exact) mass is 307 g/mol. The lowest BCUT2D eigenvalue weighted by Crippen LogP contribution is -2.36. The van der Waals surface area contributed by atoms with Crippen LogP contribution >= 0.6 is 0 Å². The van der Waals surface area contributed by atoms with Gasteiger partial charge in [-0.05, 0) is 41.7 Å². The molecule has 4 nitrogen and oxygen atoms in total. The summed E-state index contributed by atoms with van der Waals surface area (Å²) in [6.07, 6.45) is 1.68. The van der Waals surface area contributed by atoms with Crippen LogP contribution in [0.3, 0.4) is 0 Å². The summed E-state index contributed by atoms with van der Waals surface area (Å²) >= 11 is 0. The number of esters is 1. The topological polar surface area (TPSA) is 69.4 Å². The van der Waals surface area contributed by atoms with Crippen LogP contribution in [-0.2, 0) is 16.0 Å². The molecule has 1 unspecified atom stereocenters. The summed E-state index contributed by atoms with van der Waals surface area (Å²) in [6, 6.07) is 13.6.